The molecular formula is C14H17BrN2O. The molecule has 1 saturated heterocycles. The number of fused-ring (bicyclic) bond motifs is 1. The summed E-state index contributed by atoms with van der Waals surface area (Å²) in [4.78, 5) is 4.37. The molecule has 0 amide bonds. The van der Waals surface area contributed by atoms with Crippen molar-refractivity contribution in [3.05, 3.63) is 28.5 Å². The minimum absolute atomic E-state index is 0.645. The van der Waals surface area contributed by atoms with Gasteiger partial charge in [-0.25, -0.2) is 4.98 Å². The van der Waals surface area contributed by atoms with E-state index in [1.54, 1.807) is 7.11 Å². The minimum Gasteiger partial charge on any atom is -0.494 e. The molecule has 96 valence electrons. The van der Waals surface area contributed by atoms with Crippen molar-refractivity contribution in [2.75, 3.05) is 20.2 Å². The van der Waals surface area contributed by atoms with Gasteiger partial charge in [0.15, 0.2) is 5.75 Å². The third kappa shape index (κ3) is 2.08. The molecule has 0 spiro atoms. The van der Waals surface area contributed by atoms with Crippen molar-refractivity contribution in [3.63, 3.8) is 0 Å². The summed E-state index contributed by atoms with van der Waals surface area (Å²) >= 11 is 3.40. The monoisotopic (exact) mass is 308 g/mol. The molecule has 0 aromatic carbocycles. The fourth-order valence-electron chi connectivity index (χ4n) is 3.07. The second-order valence-electron chi connectivity index (χ2n) is 4.98. The summed E-state index contributed by atoms with van der Waals surface area (Å²) in [5.41, 5.74) is 2.64. The quantitative estimate of drug-likeness (QED) is 0.853. The molecule has 2 aliphatic rings. The second kappa shape index (κ2) is 5.02. The Bertz CT molecular complexity index is 487. The van der Waals surface area contributed by atoms with E-state index < -0.39 is 0 Å². The van der Waals surface area contributed by atoms with Gasteiger partial charge in [0.2, 0.25) is 0 Å². The van der Waals surface area contributed by atoms with Crippen LogP contribution in [0.25, 0.3) is 5.57 Å². The lowest BCUT2D eigenvalue weighted by atomic mass is 9.78. The minimum atomic E-state index is 0.645. The number of methoxy groups -OCH3 is 1. The predicted octanol–water partition coefficient (Wildman–Crippen LogP) is 2.87. The molecule has 1 aliphatic heterocycles. The average Bonchev–Trinajstić information content (AvgIpc) is 2.87. The van der Waals surface area contributed by atoms with Crippen LogP contribution < -0.4 is 10.1 Å². The highest BCUT2D eigenvalue weighted by Crippen LogP contribution is 2.39. The van der Waals surface area contributed by atoms with Crippen LogP contribution in [-0.4, -0.2) is 25.2 Å². The maximum absolute atomic E-state index is 5.34. The van der Waals surface area contributed by atoms with Gasteiger partial charge in [0.25, 0.3) is 0 Å². The first-order valence-electron chi connectivity index (χ1n) is 6.40. The van der Waals surface area contributed by atoms with Crippen molar-refractivity contribution in [2.24, 2.45) is 11.8 Å². The number of hydrogen-bond donors (Lipinski definition) is 1. The third-order valence-electron chi connectivity index (χ3n) is 4.00. The summed E-state index contributed by atoms with van der Waals surface area (Å²) < 4.78 is 6.11. The van der Waals surface area contributed by atoms with E-state index in [1.807, 2.05) is 6.20 Å². The summed E-state index contributed by atoms with van der Waals surface area (Å²) in [6.45, 7) is 2.25. The Kier molecular flexibility index (Phi) is 3.39. The van der Waals surface area contributed by atoms with Crippen LogP contribution >= 0.6 is 15.9 Å². The molecule has 1 fully saturated rings. The summed E-state index contributed by atoms with van der Waals surface area (Å²) in [5.74, 6) is 2.24. The van der Waals surface area contributed by atoms with Crippen molar-refractivity contribution < 1.29 is 4.74 Å². The Morgan fingerprint density at radius 1 is 1.44 bits per heavy atom. The van der Waals surface area contributed by atoms with E-state index in [4.69, 9.17) is 4.74 Å². The van der Waals surface area contributed by atoms with E-state index in [1.165, 1.54) is 24.0 Å². The molecular weight excluding hydrogens is 292 g/mol. The van der Waals surface area contributed by atoms with Crippen LogP contribution in [0, 0.1) is 11.8 Å². The molecule has 3 rings (SSSR count). The molecule has 2 heterocycles. The van der Waals surface area contributed by atoms with E-state index in [0.717, 1.165) is 29.4 Å². The number of pyridine rings is 1. The molecule has 18 heavy (non-hydrogen) atoms. The first kappa shape index (κ1) is 12.2. The number of aromatic nitrogens is 1. The molecule has 2 atom stereocenters. The second-order valence-corrected chi connectivity index (χ2v) is 5.73. The smallest absolute Gasteiger partial charge is 0.152 e. The number of nitrogens with one attached hydrogen (secondary N) is 1. The van der Waals surface area contributed by atoms with Crippen LogP contribution in [0.4, 0.5) is 0 Å². The first-order chi connectivity index (χ1) is 8.79. The normalized spacial score (nSPS) is 26.7. The Morgan fingerprint density at radius 2 is 2.33 bits per heavy atom. The van der Waals surface area contributed by atoms with Gasteiger partial charge in [0.1, 0.15) is 4.60 Å². The molecule has 1 aromatic rings. The number of halogens is 1. The van der Waals surface area contributed by atoms with E-state index >= 15 is 0 Å². The van der Waals surface area contributed by atoms with Gasteiger partial charge < -0.3 is 10.1 Å². The molecule has 0 unspecified atom stereocenters. The molecule has 1 N–H and O–H groups in total. The van der Waals surface area contributed by atoms with E-state index in [9.17, 15) is 0 Å². The van der Waals surface area contributed by atoms with Crippen molar-refractivity contribution in [2.45, 2.75) is 12.8 Å². The fourth-order valence-corrected chi connectivity index (χ4v) is 3.44. The zero-order valence-corrected chi connectivity index (χ0v) is 12.0. The van der Waals surface area contributed by atoms with Gasteiger partial charge in [-0.2, -0.15) is 0 Å². The molecule has 4 heteroatoms. The topological polar surface area (TPSA) is 34.1 Å². The summed E-state index contributed by atoms with van der Waals surface area (Å²) in [6.07, 6.45) is 6.80. The zero-order valence-electron chi connectivity index (χ0n) is 10.4. The highest BCUT2D eigenvalue weighted by Gasteiger charge is 2.32. The lowest BCUT2D eigenvalue weighted by molar-refractivity contribution is 0.409. The fraction of sp³-hybridized carbons (Fsp3) is 0.500. The van der Waals surface area contributed by atoms with Gasteiger partial charge in [-0.05, 0) is 58.4 Å². The van der Waals surface area contributed by atoms with Crippen molar-refractivity contribution in [3.8, 4) is 5.75 Å². The highest BCUT2D eigenvalue weighted by molar-refractivity contribution is 9.10. The maximum Gasteiger partial charge on any atom is 0.152 e. The third-order valence-corrected chi connectivity index (χ3v) is 4.60. The summed E-state index contributed by atoms with van der Waals surface area (Å²) in [6, 6.07) is 2.09. The largest absolute Gasteiger partial charge is 0.494 e. The van der Waals surface area contributed by atoms with Gasteiger partial charge in [-0.15, -0.1) is 0 Å². The lowest BCUT2D eigenvalue weighted by Gasteiger charge is -2.26. The molecule has 3 nitrogen and oxygen atoms in total. The van der Waals surface area contributed by atoms with Gasteiger partial charge >= 0.3 is 0 Å². The molecule has 1 aromatic heterocycles. The zero-order chi connectivity index (χ0) is 12.5. The Balaban J connectivity index is 1.96. The predicted molar refractivity (Wildman–Crippen MR) is 75.5 cm³/mol. The summed E-state index contributed by atoms with van der Waals surface area (Å²) in [7, 11) is 1.68. The Morgan fingerprint density at radius 3 is 3.17 bits per heavy atom. The van der Waals surface area contributed by atoms with Crippen LogP contribution in [0.2, 0.25) is 0 Å². The van der Waals surface area contributed by atoms with Crippen LogP contribution in [0.3, 0.4) is 0 Å². The Hall–Kier alpha value is -0.870. The lowest BCUT2D eigenvalue weighted by Crippen LogP contribution is -2.18. The summed E-state index contributed by atoms with van der Waals surface area (Å²) in [5, 5.41) is 3.50. The average molecular weight is 309 g/mol. The van der Waals surface area contributed by atoms with E-state index in [0.29, 0.717) is 5.92 Å². The molecule has 1 aliphatic carbocycles. The number of allylic oxidation sites excluding steroid dienone is 1. The van der Waals surface area contributed by atoms with Crippen molar-refractivity contribution in [1.82, 2.24) is 10.3 Å². The number of hydrogen-bond acceptors (Lipinski definition) is 3. The SMILES string of the molecule is COc1cc(C2=CCC[C@H]3CNC[C@@H]23)cnc1Br. The van der Waals surface area contributed by atoms with Gasteiger partial charge in [0, 0.05) is 18.7 Å². The van der Waals surface area contributed by atoms with Gasteiger partial charge in [-0.1, -0.05) is 6.08 Å². The standard InChI is InChI=1S/C14H17BrN2O/c1-18-13-5-10(7-17-14(13)15)11-4-2-3-9-6-16-8-12(9)11/h4-5,7,9,12,16H,2-3,6,8H2,1H3/t9-,12+/m0/s1. The first-order valence-corrected chi connectivity index (χ1v) is 7.19. The van der Waals surface area contributed by atoms with Crippen LogP contribution in [0.15, 0.2) is 22.9 Å². The van der Waals surface area contributed by atoms with Gasteiger partial charge in [-0.3, -0.25) is 0 Å². The number of rotatable bonds is 2. The van der Waals surface area contributed by atoms with E-state index in [2.05, 4.69) is 38.4 Å². The molecule has 0 bridgehead atoms. The van der Waals surface area contributed by atoms with Crippen LogP contribution in [0.5, 0.6) is 5.75 Å². The Labute approximate surface area is 116 Å². The number of nitrogens with zero attached hydrogens (tertiary/aromatic N) is 1. The molecule has 0 radical (unpaired) electrons. The van der Waals surface area contributed by atoms with E-state index in [-0.39, 0.29) is 0 Å². The van der Waals surface area contributed by atoms with Crippen molar-refractivity contribution >= 4 is 21.5 Å². The van der Waals surface area contributed by atoms with Crippen molar-refractivity contribution in [1.29, 1.82) is 0 Å². The van der Waals surface area contributed by atoms with Gasteiger partial charge in [0.05, 0.1) is 7.11 Å². The highest BCUT2D eigenvalue weighted by atomic mass is 79.9. The number of ether oxygens (including phenoxy) is 1. The molecule has 0 saturated carbocycles. The van der Waals surface area contributed by atoms with Crippen LogP contribution in [-0.2, 0) is 0 Å². The van der Waals surface area contributed by atoms with Crippen LogP contribution in [0.1, 0.15) is 18.4 Å². The maximum atomic E-state index is 5.34.